The van der Waals surface area contributed by atoms with Crippen LogP contribution in [0.1, 0.15) is 18.0 Å². The van der Waals surface area contributed by atoms with E-state index in [-0.39, 0.29) is 30.9 Å². The van der Waals surface area contributed by atoms with E-state index in [1.165, 1.54) is 12.1 Å². The molecule has 1 fully saturated rings. The van der Waals surface area contributed by atoms with Crippen molar-refractivity contribution in [1.82, 2.24) is 10.2 Å². The Morgan fingerprint density at radius 3 is 2.40 bits per heavy atom. The third kappa shape index (κ3) is 4.70. The maximum Gasteiger partial charge on any atom is 0.159 e. The third-order valence-electron chi connectivity index (χ3n) is 3.31. The Labute approximate surface area is 131 Å². The summed E-state index contributed by atoms with van der Waals surface area (Å²) in [5, 5.41) is 3.28. The number of nitrogens with zero attached hydrogens (tertiary/aromatic N) is 1. The van der Waals surface area contributed by atoms with E-state index >= 15 is 0 Å². The Hall–Kier alpha value is -0.680. The van der Waals surface area contributed by atoms with Crippen LogP contribution in [0.5, 0.6) is 0 Å². The van der Waals surface area contributed by atoms with Gasteiger partial charge in [0.05, 0.1) is 0 Å². The number of nitrogens with one attached hydrogen (secondary N) is 1. The zero-order chi connectivity index (χ0) is 13.0. The fraction of sp³-hybridized carbons (Fsp3) is 0.429. The molecule has 0 aromatic heterocycles. The third-order valence-corrected chi connectivity index (χ3v) is 3.31. The van der Waals surface area contributed by atoms with Crippen LogP contribution >= 0.6 is 24.8 Å². The second-order valence-electron chi connectivity index (χ2n) is 4.50. The van der Waals surface area contributed by atoms with Crippen molar-refractivity contribution in [2.24, 2.45) is 0 Å². The zero-order valence-electron chi connectivity index (χ0n) is 11.1. The van der Waals surface area contributed by atoms with E-state index in [1.807, 2.05) is 6.08 Å². The number of piperazine rings is 1. The van der Waals surface area contributed by atoms with Crippen molar-refractivity contribution in [2.45, 2.75) is 12.5 Å². The highest BCUT2D eigenvalue weighted by molar-refractivity contribution is 5.85. The highest BCUT2D eigenvalue weighted by Gasteiger charge is 2.21. The van der Waals surface area contributed by atoms with Crippen LogP contribution in [-0.2, 0) is 0 Å². The molecule has 2 rings (SSSR count). The Bertz CT molecular complexity index is 424. The summed E-state index contributed by atoms with van der Waals surface area (Å²) in [6.45, 7) is 7.43. The van der Waals surface area contributed by atoms with Crippen LogP contribution in [0.2, 0.25) is 0 Å². The molecule has 0 aliphatic carbocycles. The van der Waals surface area contributed by atoms with Crippen LogP contribution in [0, 0.1) is 11.6 Å². The molecular formula is C14H20Cl2F2N2. The Morgan fingerprint density at radius 2 is 1.85 bits per heavy atom. The molecule has 2 nitrogen and oxygen atoms in total. The number of benzene rings is 1. The van der Waals surface area contributed by atoms with Gasteiger partial charge in [-0.2, -0.15) is 0 Å². The van der Waals surface area contributed by atoms with Gasteiger partial charge in [-0.05, 0) is 24.1 Å². The van der Waals surface area contributed by atoms with E-state index in [9.17, 15) is 8.78 Å². The molecule has 0 saturated carbocycles. The predicted molar refractivity (Wildman–Crippen MR) is 82.9 cm³/mol. The average Bonchev–Trinajstić information content (AvgIpc) is 2.40. The SMILES string of the molecule is C=CC[C@H](c1ccc(F)c(F)c1)N1CCNCC1.Cl.Cl. The van der Waals surface area contributed by atoms with E-state index in [2.05, 4.69) is 16.8 Å². The molecule has 114 valence electrons. The van der Waals surface area contributed by atoms with Gasteiger partial charge < -0.3 is 5.32 Å². The number of hydrogen-bond acceptors (Lipinski definition) is 2. The van der Waals surface area contributed by atoms with Crippen molar-refractivity contribution in [1.29, 1.82) is 0 Å². The van der Waals surface area contributed by atoms with Crippen molar-refractivity contribution in [3.63, 3.8) is 0 Å². The highest BCUT2D eigenvalue weighted by atomic mass is 35.5. The summed E-state index contributed by atoms with van der Waals surface area (Å²) in [4.78, 5) is 2.28. The summed E-state index contributed by atoms with van der Waals surface area (Å²) in [6, 6.07) is 4.24. The Morgan fingerprint density at radius 1 is 1.20 bits per heavy atom. The Balaban J connectivity index is 0.00000180. The van der Waals surface area contributed by atoms with Crippen LogP contribution < -0.4 is 5.32 Å². The predicted octanol–water partition coefficient (Wildman–Crippen LogP) is 3.33. The van der Waals surface area contributed by atoms with Crippen molar-refractivity contribution < 1.29 is 8.78 Å². The van der Waals surface area contributed by atoms with Crippen molar-refractivity contribution >= 4 is 24.8 Å². The largest absolute Gasteiger partial charge is 0.314 e. The van der Waals surface area contributed by atoms with Gasteiger partial charge in [0.1, 0.15) is 0 Å². The smallest absolute Gasteiger partial charge is 0.159 e. The molecule has 1 atom stereocenters. The van der Waals surface area contributed by atoms with Gasteiger partial charge >= 0.3 is 0 Å². The normalized spacial score (nSPS) is 16.7. The zero-order valence-corrected chi connectivity index (χ0v) is 12.8. The van der Waals surface area contributed by atoms with Crippen LogP contribution in [-0.4, -0.2) is 31.1 Å². The highest BCUT2D eigenvalue weighted by Crippen LogP contribution is 2.26. The molecule has 1 saturated heterocycles. The first-order chi connectivity index (χ1) is 8.72. The summed E-state index contributed by atoms with van der Waals surface area (Å²) in [5.74, 6) is -1.58. The van der Waals surface area contributed by atoms with Crippen LogP contribution in [0.25, 0.3) is 0 Å². The molecule has 0 amide bonds. The number of hydrogen-bond donors (Lipinski definition) is 1. The molecule has 1 aromatic carbocycles. The van der Waals surface area contributed by atoms with E-state index in [0.717, 1.165) is 38.2 Å². The average molecular weight is 325 g/mol. The lowest BCUT2D eigenvalue weighted by molar-refractivity contribution is 0.174. The van der Waals surface area contributed by atoms with Crippen LogP contribution in [0.3, 0.4) is 0 Å². The van der Waals surface area contributed by atoms with Gasteiger partial charge in [-0.1, -0.05) is 12.1 Å². The van der Waals surface area contributed by atoms with Gasteiger partial charge in [0, 0.05) is 32.2 Å². The Kier molecular flexibility index (Phi) is 8.98. The lowest BCUT2D eigenvalue weighted by Crippen LogP contribution is -2.45. The van der Waals surface area contributed by atoms with Crippen LogP contribution in [0.15, 0.2) is 30.9 Å². The maximum atomic E-state index is 13.3. The fourth-order valence-electron chi connectivity index (χ4n) is 2.37. The first-order valence-corrected chi connectivity index (χ1v) is 6.23. The maximum absolute atomic E-state index is 13.3. The molecule has 1 aliphatic rings. The van der Waals surface area contributed by atoms with Gasteiger partial charge in [0.15, 0.2) is 11.6 Å². The molecule has 0 bridgehead atoms. The molecule has 6 heteroatoms. The quantitative estimate of drug-likeness (QED) is 0.854. The molecule has 1 aliphatic heterocycles. The molecule has 20 heavy (non-hydrogen) atoms. The van der Waals surface area contributed by atoms with Gasteiger partial charge in [-0.3, -0.25) is 4.90 Å². The summed E-state index contributed by atoms with van der Waals surface area (Å²) in [5.41, 5.74) is 0.815. The van der Waals surface area contributed by atoms with Gasteiger partial charge in [-0.25, -0.2) is 8.78 Å². The second kappa shape index (κ2) is 9.29. The molecule has 1 N–H and O–H groups in total. The summed E-state index contributed by atoms with van der Waals surface area (Å²) in [6.07, 6.45) is 2.57. The van der Waals surface area contributed by atoms with Crippen molar-refractivity contribution in [3.8, 4) is 0 Å². The monoisotopic (exact) mass is 324 g/mol. The lowest BCUT2D eigenvalue weighted by atomic mass is 10.0. The number of halogens is 4. The first-order valence-electron chi connectivity index (χ1n) is 6.23. The second-order valence-corrected chi connectivity index (χ2v) is 4.50. The van der Waals surface area contributed by atoms with Gasteiger partial charge in [-0.15, -0.1) is 31.4 Å². The summed E-state index contributed by atoms with van der Waals surface area (Å²) < 4.78 is 26.3. The molecule has 1 aromatic rings. The van der Waals surface area contributed by atoms with Gasteiger partial charge in [0.2, 0.25) is 0 Å². The first kappa shape index (κ1) is 19.3. The van der Waals surface area contributed by atoms with E-state index in [1.54, 1.807) is 6.07 Å². The molecule has 0 unspecified atom stereocenters. The molecule has 1 heterocycles. The van der Waals surface area contributed by atoms with Gasteiger partial charge in [0.25, 0.3) is 0 Å². The van der Waals surface area contributed by atoms with E-state index in [4.69, 9.17) is 0 Å². The molecular weight excluding hydrogens is 305 g/mol. The fourth-order valence-corrected chi connectivity index (χ4v) is 2.37. The van der Waals surface area contributed by atoms with Crippen molar-refractivity contribution in [2.75, 3.05) is 26.2 Å². The molecule has 0 radical (unpaired) electrons. The standard InChI is InChI=1S/C14H18F2N2.2ClH/c1-2-3-14(18-8-6-17-7-9-18)11-4-5-12(15)13(16)10-11;;/h2,4-5,10,14,17H,1,3,6-9H2;2*1H/t14-;;/m1../s1. The summed E-state index contributed by atoms with van der Waals surface area (Å²) in [7, 11) is 0. The lowest BCUT2D eigenvalue weighted by Gasteiger charge is -2.34. The van der Waals surface area contributed by atoms with Crippen molar-refractivity contribution in [3.05, 3.63) is 48.1 Å². The minimum absolute atomic E-state index is 0. The minimum atomic E-state index is -0.795. The van der Waals surface area contributed by atoms with Crippen LogP contribution in [0.4, 0.5) is 8.78 Å². The van der Waals surface area contributed by atoms with E-state index in [0.29, 0.717) is 0 Å². The van der Waals surface area contributed by atoms with E-state index < -0.39 is 11.6 Å². The topological polar surface area (TPSA) is 15.3 Å². The minimum Gasteiger partial charge on any atom is -0.314 e. The summed E-state index contributed by atoms with van der Waals surface area (Å²) >= 11 is 0. The molecule has 0 spiro atoms. The number of rotatable bonds is 4.